The number of urea groups is 1. The van der Waals surface area contributed by atoms with Crippen molar-refractivity contribution in [1.82, 2.24) is 15.0 Å². The molecule has 0 bridgehead atoms. The first-order valence-corrected chi connectivity index (χ1v) is 12.6. The SMILES string of the molecule is COc1nc(-c2ccc(NC(=O)Nc3ccc(C(=O)Nc4ccccc4N)cc3)cc2)nc(N2CCOCC2)n1. The van der Waals surface area contributed by atoms with Gasteiger partial charge in [-0.25, -0.2) is 4.79 Å². The number of morpholine rings is 1. The zero-order valence-electron chi connectivity index (χ0n) is 21.8. The molecule has 5 rings (SSSR count). The van der Waals surface area contributed by atoms with Gasteiger partial charge in [-0.15, -0.1) is 0 Å². The maximum atomic E-state index is 12.6. The predicted octanol–water partition coefficient (Wildman–Crippen LogP) is 3.86. The molecule has 12 nitrogen and oxygen atoms in total. The van der Waals surface area contributed by atoms with Gasteiger partial charge in [-0.3, -0.25) is 4.79 Å². The number of hydrogen-bond acceptors (Lipinski definition) is 9. The number of hydrogen-bond donors (Lipinski definition) is 4. The van der Waals surface area contributed by atoms with Crippen molar-refractivity contribution in [3.63, 3.8) is 0 Å². The highest BCUT2D eigenvalue weighted by atomic mass is 16.5. The molecule has 12 heteroatoms. The molecule has 0 radical (unpaired) electrons. The minimum atomic E-state index is -0.432. The minimum absolute atomic E-state index is 0.223. The molecule has 4 aromatic rings. The Kier molecular flexibility index (Phi) is 7.97. The van der Waals surface area contributed by atoms with Crippen LogP contribution in [0.2, 0.25) is 0 Å². The van der Waals surface area contributed by atoms with Crippen LogP contribution in [0.1, 0.15) is 10.4 Å². The average molecular weight is 541 g/mol. The lowest BCUT2D eigenvalue weighted by molar-refractivity contribution is 0.102. The number of ether oxygens (including phenoxy) is 2. The van der Waals surface area contributed by atoms with E-state index in [-0.39, 0.29) is 11.9 Å². The number of nitrogens with two attached hydrogens (primary N) is 1. The van der Waals surface area contributed by atoms with Gasteiger partial charge in [0.25, 0.3) is 5.91 Å². The third-order valence-electron chi connectivity index (χ3n) is 6.09. The number of anilines is 5. The van der Waals surface area contributed by atoms with Crippen LogP contribution >= 0.6 is 0 Å². The number of para-hydroxylation sites is 2. The van der Waals surface area contributed by atoms with Gasteiger partial charge in [-0.2, -0.15) is 15.0 Å². The highest BCUT2D eigenvalue weighted by molar-refractivity contribution is 6.06. The molecule has 0 saturated carbocycles. The lowest BCUT2D eigenvalue weighted by Gasteiger charge is -2.26. The van der Waals surface area contributed by atoms with Crippen molar-refractivity contribution >= 4 is 40.6 Å². The maximum absolute atomic E-state index is 12.6. The van der Waals surface area contributed by atoms with Crippen molar-refractivity contribution in [2.75, 3.05) is 60.0 Å². The lowest BCUT2D eigenvalue weighted by atomic mass is 10.2. The van der Waals surface area contributed by atoms with Gasteiger partial charge in [0, 0.05) is 35.6 Å². The quantitative estimate of drug-likeness (QED) is 0.256. The van der Waals surface area contributed by atoms with E-state index in [1.54, 1.807) is 72.8 Å². The molecule has 1 aromatic heterocycles. The van der Waals surface area contributed by atoms with Crippen LogP contribution < -0.4 is 31.3 Å². The molecule has 3 aromatic carbocycles. The van der Waals surface area contributed by atoms with Gasteiger partial charge in [0.15, 0.2) is 5.82 Å². The molecule has 5 N–H and O–H groups in total. The van der Waals surface area contributed by atoms with Crippen LogP contribution in [0.5, 0.6) is 6.01 Å². The summed E-state index contributed by atoms with van der Waals surface area (Å²) in [6.07, 6.45) is 0. The highest BCUT2D eigenvalue weighted by Crippen LogP contribution is 2.23. The van der Waals surface area contributed by atoms with E-state index in [9.17, 15) is 9.59 Å². The van der Waals surface area contributed by atoms with E-state index in [0.717, 1.165) is 5.56 Å². The van der Waals surface area contributed by atoms with Crippen LogP contribution in [0.3, 0.4) is 0 Å². The molecule has 0 spiro atoms. The number of rotatable bonds is 7. The predicted molar refractivity (Wildman–Crippen MR) is 153 cm³/mol. The second-order valence-corrected chi connectivity index (χ2v) is 8.82. The largest absolute Gasteiger partial charge is 0.467 e. The Balaban J connectivity index is 1.19. The van der Waals surface area contributed by atoms with Gasteiger partial charge in [0.05, 0.1) is 31.7 Å². The number of nitrogens with one attached hydrogen (secondary N) is 3. The molecule has 0 unspecified atom stereocenters. The minimum Gasteiger partial charge on any atom is -0.467 e. The summed E-state index contributed by atoms with van der Waals surface area (Å²) in [5, 5.41) is 8.31. The highest BCUT2D eigenvalue weighted by Gasteiger charge is 2.18. The molecule has 1 saturated heterocycles. The first-order chi connectivity index (χ1) is 19.5. The van der Waals surface area contributed by atoms with E-state index in [1.165, 1.54) is 7.11 Å². The molecule has 204 valence electrons. The summed E-state index contributed by atoms with van der Waals surface area (Å²) in [6.45, 7) is 2.58. The zero-order chi connectivity index (χ0) is 27.9. The van der Waals surface area contributed by atoms with Crippen molar-refractivity contribution in [1.29, 1.82) is 0 Å². The Bertz CT molecular complexity index is 1490. The fraction of sp³-hybridized carbons (Fsp3) is 0.179. The summed E-state index contributed by atoms with van der Waals surface area (Å²) in [5.41, 5.74) is 9.17. The van der Waals surface area contributed by atoms with Crippen LogP contribution in [0.15, 0.2) is 72.8 Å². The summed E-state index contributed by atoms with van der Waals surface area (Å²) >= 11 is 0. The smallest absolute Gasteiger partial charge is 0.323 e. The molecule has 1 fully saturated rings. The Hall–Kier alpha value is -5.23. The number of methoxy groups -OCH3 is 1. The van der Waals surface area contributed by atoms with E-state index in [4.69, 9.17) is 15.2 Å². The fourth-order valence-corrected chi connectivity index (χ4v) is 3.98. The molecular weight excluding hydrogens is 512 g/mol. The summed E-state index contributed by atoms with van der Waals surface area (Å²) in [5.74, 6) is 0.685. The zero-order valence-corrected chi connectivity index (χ0v) is 21.8. The molecule has 0 atom stereocenters. The number of amides is 3. The fourth-order valence-electron chi connectivity index (χ4n) is 3.98. The molecule has 0 aliphatic carbocycles. The number of nitrogens with zero attached hydrogens (tertiary/aromatic N) is 4. The maximum Gasteiger partial charge on any atom is 0.323 e. The summed E-state index contributed by atoms with van der Waals surface area (Å²) in [4.78, 5) is 40.4. The van der Waals surface area contributed by atoms with Gasteiger partial charge in [-0.1, -0.05) is 12.1 Å². The standard InChI is InChI=1S/C28H28N8O4/c1-39-28-34-24(33-26(35-28)36-14-16-40-17-15-36)18-6-10-20(11-7-18)30-27(38)31-21-12-8-19(9-13-21)25(37)32-23-5-3-2-4-22(23)29/h2-13H,14-17,29H2,1H3,(H,32,37)(H2,30,31,38). The number of benzene rings is 3. The van der Waals surface area contributed by atoms with Crippen LogP contribution in [0, 0.1) is 0 Å². The van der Waals surface area contributed by atoms with Crippen molar-refractivity contribution in [3.8, 4) is 17.4 Å². The van der Waals surface area contributed by atoms with Crippen LogP contribution in [-0.4, -0.2) is 60.3 Å². The van der Waals surface area contributed by atoms with E-state index >= 15 is 0 Å². The molecule has 1 aliphatic heterocycles. The first kappa shape index (κ1) is 26.4. The van der Waals surface area contributed by atoms with E-state index < -0.39 is 6.03 Å². The topological polar surface area (TPSA) is 157 Å². The summed E-state index contributed by atoms with van der Waals surface area (Å²) in [6, 6.07) is 20.4. The van der Waals surface area contributed by atoms with Gasteiger partial charge in [0.1, 0.15) is 0 Å². The second kappa shape index (κ2) is 12.1. The van der Waals surface area contributed by atoms with Gasteiger partial charge < -0.3 is 36.1 Å². The normalized spacial score (nSPS) is 12.9. The average Bonchev–Trinajstić information content (AvgIpc) is 2.99. The van der Waals surface area contributed by atoms with Gasteiger partial charge in [-0.05, 0) is 60.7 Å². The third kappa shape index (κ3) is 6.42. The Morgan fingerprint density at radius 2 is 1.50 bits per heavy atom. The Morgan fingerprint density at radius 1 is 0.850 bits per heavy atom. The van der Waals surface area contributed by atoms with Gasteiger partial charge >= 0.3 is 12.0 Å². The number of carbonyl (C=O) groups is 2. The van der Waals surface area contributed by atoms with E-state index in [1.807, 2.05) is 4.90 Å². The summed E-state index contributed by atoms with van der Waals surface area (Å²) < 4.78 is 10.7. The monoisotopic (exact) mass is 540 g/mol. The number of carbonyl (C=O) groups excluding carboxylic acids is 2. The first-order valence-electron chi connectivity index (χ1n) is 12.6. The van der Waals surface area contributed by atoms with Crippen LogP contribution in [-0.2, 0) is 4.74 Å². The lowest BCUT2D eigenvalue weighted by Crippen LogP contribution is -2.37. The Labute approximate surface area is 230 Å². The molecule has 2 heterocycles. The molecule has 1 aliphatic rings. The van der Waals surface area contributed by atoms with Crippen molar-refractivity contribution in [2.45, 2.75) is 0 Å². The van der Waals surface area contributed by atoms with Crippen molar-refractivity contribution in [2.24, 2.45) is 0 Å². The Morgan fingerprint density at radius 3 is 2.15 bits per heavy atom. The molecule has 3 amide bonds. The number of aromatic nitrogens is 3. The number of nitrogen functional groups attached to an aromatic ring is 1. The third-order valence-corrected chi connectivity index (χ3v) is 6.09. The molecular formula is C28H28N8O4. The van der Waals surface area contributed by atoms with Crippen LogP contribution in [0.4, 0.5) is 33.5 Å². The van der Waals surface area contributed by atoms with Crippen LogP contribution in [0.25, 0.3) is 11.4 Å². The van der Waals surface area contributed by atoms with E-state index in [2.05, 4.69) is 30.9 Å². The van der Waals surface area contributed by atoms with Crippen molar-refractivity contribution in [3.05, 3.63) is 78.4 Å². The molecule has 40 heavy (non-hydrogen) atoms. The van der Waals surface area contributed by atoms with Crippen molar-refractivity contribution < 1.29 is 19.1 Å². The van der Waals surface area contributed by atoms with Gasteiger partial charge in [0.2, 0.25) is 5.95 Å². The van der Waals surface area contributed by atoms with E-state index in [0.29, 0.717) is 66.4 Å². The summed E-state index contributed by atoms with van der Waals surface area (Å²) in [7, 11) is 1.51. The second-order valence-electron chi connectivity index (χ2n) is 8.82.